The van der Waals surface area contributed by atoms with E-state index in [4.69, 9.17) is 4.99 Å². The normalized spacial score (nSPS) is 11.2. The number of aromatic amines is 1. The van der Waals surface area contributed by atoms with Gasteiger partial charge in [0.15, 0.2) is 5.96 Å². The third-order valence-corrected chi connectivity index (χ3v) is 4.92. The molecule has 0 atom stereocenters. The number of halogens is 1. The van der Waals surface area contributed by atoms with E-state index >= 15 is 0 Å². The third-order valence-electron chi connectivity index (χ3n) is 4.09. The number of H-pyrrole nitrogens is 1. The maximum atomic E-state index is 4.73. The standard InChI is InChI=1S/C20H26N6S.HI/c1-4-21-20(22-11-10-17-14-27-15(2)24-17)26(3)13-19-23-12-18(25-19)16-8-6-5-7-9-16;/h5-9,12,14H,4,10-11,13H2,1-3H3,(H,21,22)(H,23,25);1H. The van der Waals surface area contributed by atoms with Crippen LogP contribution < -0.4 is 5.32 Å². The number of hydrogen-bond acceptors (Lipinski definition) is 4. The van der Waals surface area contributed by atoms with Gasteiger partial charge in [0.05, 0.1) is 29.1 Å². The van der Waals surface area contributed by atoms with Crippen molar-refractivity contribution in [1.29, 1.82) is 0 Å². The quantitative estimate of drug-likeness (QED) is 0.285. The second-order valence-electron chi connectivity index (χ2n) is 6.31. The van der Waals surface area contributed by atoms with E-state index < -0.39 is 0 Å². The van der Waals surface area contributed by atoms with E-state index in [1.165, 1.54) is 0 Å². The first-order valence-corrected chi connectivity index (χ1v) is 10.0. The van der Waals surface area contributed by atoms with Gasteiger partial charge in [-0.1, -0.05) is 30.3 Å². The Morgan fingerprint density at radius 3 is 2.75 bits per heavy atom. The van der Waals surface area contributed by atoms with Crippen molar-refractivity contribution >= 4 is 41.3 Å². The number of thiazole rings is 1. The summed E-state index contributed by atoms with van der Waals surface area (Å²) in [6, 6.07) is 10.2. The summed E-state index contributed by atoms with van der Waals surface area (Å²) in [6.45, 7) is 6.31. The second kappa shape index (κ2) is 11.2. The van der Waals surface area contributed by atoms with Crippen LogP contribution in [0.1, 0.15) is 23.4 Å². The molecule has 28 heavy (non-hydrogen) atoms. The van der Waals surface area contributed by atoms with Gasteiger partial charge in [0.25, 0.3) is 0 Å². The van der Waals surface area contributed by atoms with Crippen LogP contribution in [0, 0.1) is 6.92 Å². The maximum Gasteiger partial charge on any atom is 0.194 e. The molecule has 3 aromatic rings. The summed E-state index contributed by atoms with van der Waals surface area (Å²) in [4.78, 5) is 19.2. The Hall–Kier alpha value is -1.94. The molecular formula is C20H27IN6S. The molecule has 0 saturated carbocycles. The minimum atomic E-state index is 0. The summed E-state index contributed by atoms with van der Waals surface area (Å²) in [6.07, 6.45) is 2.74. The Morgan fingerprint density at radius 2 is 2.07 bits per heavy atom. The van der Waals surface area contributed by atoms with Crippen LogP contribution in [-0.4, -0.2) is 45.9 Å². The molecule has 2 N–H and O–H groups in total. The van der Waals surface area contributed by atoms with Crippen molar-refractivity contribution in [2.24, 2.45) is 4.99 Å². The molecule has 0 fully saturated rings. The number of aryl methyl sites for hydroxylation is 1. The SMILES string of the molecule is CCNC(=NCCc1csc(C)n1)N(C)Cc1ncc(-c2ccccc2)[nH]1.I. The summed E-state index contributed by atoms with van der Waals surface area (Å²) in [5, 5.41) is 6.56. The Bertz CT molecular complexity index is 874. The predicted octanol–water partition coefficient (Wildman–Crippen LogP) is 4.10. The van der Waals surface area contributed by atoms with Crippen LogP contribution in [-0.2, 0) is 13.0 Å². The molecule has 150 valence electrons. The van der Waals surface area contributed by atoms with Crippen molar-refractivity contribution in [2.75, 3.05) is 20.1 Å². The number of guanidine groups is 1. The number of rotatable bonds is 7. The molecule has 0 aliphatic heterocycles. The average Bonchev–Trinajstić information content (AvgIpc) is 3.31. The molecule has 0 saturated heterocycles. The van der Waals surface area contributed by atoms with Crippen LogP contribution in [0.25, 0.3) is 11.3 Å². The molecule has 6 nitrogen and oxygen atoms in total. The van der Waals surface area contributed by atoms with Crippen LogP contribution in [0.2, 0.25) is 0 Å². The van der Waals surface area contributed by atoms with E-state index in [9.17, 15) is 0 Å². The zero-order valence-electron chi connectivity index (χ0n) is 16.5. The smallest absolute Gasteiger partial charge is 0.194 e. The van der Waals surface area contributed by atoms with Crippen molar-refractivity contribution in [3.63, 3.8) is 0 Å². The summed E-state index contributed by atoms with van der Waals surface area (Å²) in [5.74, 6) is 1.79. The molecule has 0 bridgehead atoms. The van der Waals surface area contributed by atoms with E-state index in [1.54, 1.807) is 11.3 Å². The van der Waals surface area contributed by atoms with E-state index in [0.717, 1.165) is 46.7 Å². The Balaban J connectivity index is 0.00000280. The Kier molecular flexibility index (Phi) is 8.91. The average molecular weight is 510 g/mol. The minimum absolute atomic E-state index is 0. The third kappa shape index (κ3) is 6.30. The minimum Gasteiger partial charge on any atom is -0.357 e. The number of imidazole rings is 1. The lowest BCUT2D eigenvalue weighted by atomic mass is 10.2. The number of aromatic nitrogens is 3. The maximum absolute atomic E-state index is 4.73. The molecule has 3 rings (SSSR count). The fourth-order valence-corrected chi connectivity index (χ4v) is 3.42. The van der Waals surface area contributed by atoms with Crippen molar-refractivity contribution in [3.8, 4) is 11.3 Å². The lowest BCUT2D eigenvalue weighted by Gasteiger charge is -2.21. The zero-order chi connectivity index (χ0) is 19.1. The van der Waals surface area contributed by atoms with E-state index in [2.05, 4.69) is 49.6 Å². The first-order chi connectivity index (χ1) is 13.2. The highest BCUT2D eigenvalue weighted by Crippen LogP contribution is 2.16. The number of nitrogens with zero attached hydrogens (tertiary/aromatic N) is 4. The van der Waals surface area contributed by atoms with E-state index in [0.29, 0.717) is 13.1 Å². The highest BCUT2D eigenvalue weighted by Gasteiger charge is 2.10. The fourth-order valence-electron chi connectivity index (χ4n) is 2.78. The van der Waals surface area contributed by atoms with Crippen LogP contribution in [0.15, 0.2) is 46.9 Å². The van der Waals surface area contributed by atoms with E-state index in [1.807, 2.05) is 38.4 Å². The lowest BCUT2D eigenvalue weighted by molar-refractivity contribution is 0.464. The first kappa shape index (κ1) is 22.4. The monoisotopic (exact) mass is 510 g/mol. The van der Waals surface area contributed by atoms with Gasteiger partial charge < -0.3 is 15.2 Å². The van der Waals surface area contributed by atoms with Gasteiger partial charge in [0.2, 0.25) is 0 Å². The molecule has 0 unspecified atom stereocenters. The van der Waals surface area contributed by atoms with Crippen LogP contribution in [0.4, 0.5) is 0 Å². The highest BCUT2D eigenvalue weighted by atomic mass is 127. The van der Waals surface area contributed by atoms with Crippen molar-refractivity contribution in [2.45, 2.75) is 26.8 Å². The number of nitrogens with one attached hydrogen (secondary N) is 2. The van der Waals surface area contributed by atoms with Gasteiger partial charge >= 0.3 is 0 Å². The van der Waals surface area contributed by atoms with Crippen LogP contribution in [0.5, 0.6) is 0 Å². The van der Waals surface area contributed by atoms with Gasteiger partial charge in [-0.05, 0) is 19.4 Å². The summed E-state index contributed by atoms with van der Waals surface area (Å²) >= 11 is 1.68. The lowest BCUT2D eigenvalue weighted by Crippen LogP contribution is -2.38. The highest BCUT2D eigenvalue weighted by molar-refractivity contribution is 14.0. The summed E-state index contributed by atoms with van der Waals surface area (Å²) in [7, 11) is 2.03. The molecule has 0 aliphatic rings. The first-order valence-electron chi connectivity index (χ1n) is 9.15. The second-order valence-corrected chi connectivity index (χ2v) is 7.37. The largest absolute Gasteiger partial charge is 0.357 e. The van der Waals surface area contributed by atoms with Gasteiger partial charge in [-0.25, -0.2) is 9.97 Å². The fraction of sp³-hybridized carbons (Fsp3) is 0.350. The predicted molar refractivity (Wildman–Crippen MR) is 127 cm³/mol. The molecule has 1 aromatic carbocycles. The van der Waals surface area contributed by atoms with Crippen molar-refractivity contribution in [3.05, 3.63) is 58.4 Å². The number of aliphatic imine (C=N–C) groups is 1. The van der Waals surface area contributed by atoms with Gasteiger partial charge in [0, 0.05) is 31.9 Å². The van der Waals surface area contributed by atoms with Gasteiger partial charge in [-0.2, -0.15) is 0 Å². The molecule has 8 heteroatoms. The van der Waals surface area contributed by atoms with Gasteiger partial charge in [-0.15, -0.1) is 35.3 Å². The van der Waals surface area contributed by atoms with Gasteiger partial charge in [-0.3, -0.25) is 4.99 Å². The topological polar surface area (TPSA) is 69.2 Å². The molecule has 0 spiro atoms. The molecule has 0 amide bonds. The molecule has 0 radical (unpaired) electrons. The summed E-state index contributed by atoms with van der Waals surface area (Å²) < 4.78 is 0. The summed E-state index contributed by atoms with van der Waals surface area (Å²) in [5.41, 5.74) is 3.27. The molecule has 0 aliphatic carbocycles. The zero-order valence-corrected chi connectivity index (χ0v) is 19.6. The van der Waals surface area contributed by atoms with Crippen LogP contribution in [0.3, 0.4) is 0 Å². The number of benzene rings is 1. The number of hydrogen-bond donors (Lipinski definition) is 2. The van der Waals surface area contributed by atoms with Gasteiger partial charge in [0.1, 0.15) is 5.82 Å². The molecule has 2 heterocycles. The Morgan fingerprint density at radius 1 is 1.29 bits per heavy atom. The van der Waals surface area contributed by atoms with Crippen molar-refractivity contribution in [1.82, 2.24) is 25.2 Å². The van der Waals surface area contributed by atoms with Crippen molar-refractivity contribution < 1.29 is 0 Å². The Labute approximate surface area is 187 Å². The molecular weight excluding hydrogens is 483 g/mol. The van der Waals surface area contributed by atoms with E-state index in [-0.39, 0.29) is 24.0 Å². The van der Waals surface area contributed by atoms with Crippen LogP contribution >= 0.6 is 35.3 Å². The molecule has 2 aromatic heterocycles.